The first-order chi connectivity index (χ1) is 6.70. The molecule has 0 aliphatic rings. The lowest BCUT2D eigenvalue weighted by Gasteiger charge is -2.21. The van der Waals surface area contributed by atoms with Crippen molar-refractivity contribution in [3.8, 4) is 6.07 Å². The zero-order chi connectivity index (χ0) is 12.1. The van der Waals surface area contributed by atoms with E-state index in [0.717, 1.165) is 6.42 Å². The van der Waals surface area contributed by atoms with Gasteiger partial charge in [-0.3, -0.25) is 0 Å². The molecule has 0 spiro atoms. The fourth-order valence-electron chi connectivity index (χ4n) is 1.06. The van der Waals surface area contributed by atoms with Gasteiger partial charge >= 0.3 is 0 Å². The second-order valence-corrected chi connectivity index (χ2v) is 5.89. The van der Waals surface area contributed by atoms with E-state index in [1.165, 1.54) is 0 Å². The molecule has 0 rings (SSSR count). The highest BCUT2D eigenvalue weighted by Gasteiger charge is 2.22. The van der Waals surface area contributed by atoms with Crippen LogP contribution >= 0.6 is 0 Å². The lowest BCUT2D eigenvalue weighted by Crippen LogP contribution is -2.49. The quantitative estimate of drug-likeness (QED) is 0.740. The Morgan fingerprint density at radius 3 is 2.27 bits per heavy atom. The van der Waals surface area contributed by atoms with Crippen molar-refractivity contribution in [2.45, 2.75) is 52.1 Å². The molecule has 0 aromatic carbocycles. The molecule has 0 radical (unpaired) electrons. The third kappa shape index (κ3) is 7.31. The number of nitrogens with one attached hydrogen (secondary N) is 2. The number of nitriles is 1. The maximum Gasteiger partial charge on any atom is 0.278 e. The minimum atomic E-state index is -3.60. The Balaban J connectivity index is 4.45. The Morgan fingerprint density at radius 1 is 1.40 bits per heavy atom. The van der Waals surface area contributed by atoms with Crippen LogP contribution in [-0.4, -0.2) is 20.0 Å². The summed E-state index contributed by atoms with van der Waals surface area (Å²) in [6.07, 6.45) is 1.28. The summed E-state index contributed by atoms with van der Waals surface area (Å²) < 4.78 is 27.8. The zero-order valence-corrected chi connectivity index (χ0v) is 10.5. The van der Waals surface area contributed by atoms with Crippen molar-refractivity contribution in [1.82, 2.24) is 9.44 Å². The first kappa shape index (κ1) is 14.4. The van der Waals surface area contributed by atoms with Gasteiger partial charge in [0.15, 0.2) is 0 Å². The molecular formula is C9H19N3O2S. The molecule has 6 heteroatoms. The Hall–Kier alpha value is -0.640. The summed E-state index contributed by atoms with van der Waals surface area (Å²) in [6.45, 7) is 7.13. The smallest absolute Gasteiger partial charge is 0.197 e. The summed E-state index contributed by atoms with van der Waals surface area (Å²) in [7, 11) is -3.60. The second-order valence-electron chi connectivity index (χ2n) is 4.44. The summed E-state index contributed by atoms with van der Waals surface area (Å²) in [4.78, 5) is 0. The number of hydrogen-bond acceptors (Lipinski definition) is 3. The highest BCUT2D eigenvalue weighted by Crippen LogP contribution is 2.02. The molecule has 0 heterocycles. The molecule has 0 fully saturated rings. The molecule has 0 aromatic rings. The fourth-order valence-corrected chi connectivity index (χ4v) is 2.47. The molecule has 0 saturated carbocycles. The molecule has 0 bridgehead atoms. The van der Waals surface area contributed by atoms with Crippen molar-refractivity contribution in [3.05, 3.63) is 0 Å². The van der Waals surface area contributed by atoms with Gasteiger partial charge in [-0.2, -0.15) is 23.1 Å². The van der Waals surface area contributed by atoms with Crippen molar-refractivity contribution in [3.63, 3.8) is 0 Å². The van der Waals surface area contributed by atoms with Crippen LogP contribution in [-0.2, 0) is 10.2 Å². The molecule has 0 saturated heterocycles. The standard InChI is InChI=1S/C9H19N3O2S/c1-5-6-8(7-10)11-15(13,14)12-9(2,3)4/h8,11-12H,5-6H2,1-4H3. The van der Waals surface area contributed by atoms with Crippen LogP contribution < -0.4 is 9.44 Å². The normalized spacial score (nSPS) is 14.6. The van der Waals surface area contributed by atoms with E-state index in [-0.39, 0.29) is 0 Å². The Kier molecular flexibility index (Phi) is 5.21. The predicted octanol–water partition coefficient (Wildman–Crippen LogP) is 0.901. The molecule has 88 valence electrons. The molecule has 0 aliphatic carbocycles. The van der Waals surface area contributed by atoms with Gasteiger partial charge in [0.05, 0.1) is 6.07 Å². The molecular weight excluding hydrogens is 214 g/mol. The summed E-state index contributed by atoms with van der Waals surface area (Å²) in [5, 5.41) is 8.71. The average molecular weight is 233 g/mol. The van der Waals surface area contributed by atoms with Crippen LogP contribution in [0.2, 0.25) is 0 Å². The average Bonchev–Trinajstić information content (AvgIpc) is 1.98. The maximum absolute atomic E-state index is 11.5. The zero-order valence-electron chi connectivity index (χ0n) is 9.66. The first-order valence-corrected chi connectivity index (χ1v) is 6.39. The summed E-state index contributed by atoms with van der Waals surface area (Å²) in [6, 6.07) is 1.26. The highest BCUT2D eigenvalue weighted by atomic mass is 32.2. The number of rotatable bonds is 5. The van der Waals surface area contributed by atoms with Gasteiger partial charge < -0.3 is 0 Å². The van der Waals surface area contributed by atoms with Crippen LogP contribution in [0.15, 0.2) is 0 Å². The van der Waals surface area contributed by atoms with Crippen LogP contribution in [0.4, 0.5) is 0 Å². The molecule has 0 aliphatic heterocycles. The predicted molar refractivity (Wildman–Crippen MR) is 59.3 cm³/mol. The van der Waals surface area contributed by atoms with Crippen molar-refractivity contribution in [1.29, 1.82) is 5.26 Å². The Morgan fingerprint density at radius 2 is 1.93 bits per heavy atom. The van der Waals surface area contributed by atoms with E-state index in [2.05, 4.69) is 9.44 Å². The van der Waals surface area contributed by atoms with Gasteiger partial charge in [0.25, 0.3) is 10.2 Å². The van der Waals surface area contributed by atoms with Gasteiger partial charge in [-0.1, -0.05) is 13.3 Å². The minimum Gasteiger partial charge on any atom is -0.197 e. The Bertz CT molecular complexity index is 324. The van der Waals surface area contributed by atoms with E-state index in [4.69, 9.17) is 5.26 Å². The van der Waals surface area contributed by atoms with Crippen molar-refractivity contribution < 1.29 is 8.42 Å². The lowest BCUT2D eigenvalue weighted by molar-refractivity contribution is 0.478. The largest absolute Gasteiger partial charge is 0.278 e. The van der Waals surface area contributed by atoms with Crippen molar-refractivity contribution in [2.24, 2.45) is 0 Å². The van der Waals surface area contributed by atoms with Crippen LogP contribution in [0.25, 0.3) is 0 Å². The fraction of sp³-hybridized carbons (Fsp3) is 0.889. The molecule has 1 atom stereocenters. The monoisotopic (exact) mass is 233 g/mol. The molecule has 1 unspecified atom stereocenters. The van der Waals surface area contributed by atoms with Gasteiger partial charge in [-0.25, -0.2) is 0 Å². The summed E-state index contributed by atoms with van der Waals surface area (Å²) in [5.41, 5.74) is -0.544. The maximum atomic E-state index is 11.5. The van der Waals surface area contributed by atoms with Gasteiger partial charge in [0, 0.05) is 5.54 Å². The topological polar surface area (TPSA) is 82.0 Å². The third-order valence-electron chi connectivity index (χ3n) is 1.47. The SMILES string of the molecule is CCCC(C#N)NS(=O)(=O)NC(C)(C)C. The van der Waals surface area contributed by atoms with E-state index in [1.807, 2.05) is 13.0 Å². The molecule has 2 N–H and O–H groups in total. The van der Waals surface area contributed by atoms with Gasteiger partial charge in [0.2, 0.25) is 0 Å². The summed E-state index contributed by atoms with van der Waals surface area (Å²) >= 11 is 0. The summed E-state index contributed by atoms with van der Waals surface area (Å²) in [5.74, 6) is 0. The minimum absolute atomic E-state index is 0.515. The van der Waals surface area contributed by atoms with E-state index >= 15 is 0 Å². The van der Waals surface area contributed by atoms with Gasteiger partial charge in [-0.05, 0) is 27.2 Å². The van der Waals surface area contributed by atoms with E-state index in [0.29, 0.717) is 6.42 Å². The molecule has 0 amide bonds. The highest BCUT2D eigenvalue weighted by molar-refractivity contribution is 7.87. The molecule has 15 heavy (non-hydrogen) atoms. The van der Waals surface area contributed by atoms with E-state index in [1.54, 1.807) is 20.8 Å². The number of nitrogens with zero attached hydrogens (tertiary/aromatic N) is 1. The van der Waals surface area contributed by atoms with Crippen LogP contribution in [0.3, 0.4) is 0 Å². The lowest BCUT2D eigenvalue weighted by atomic mass is 10.1. The Labute approximate surface area is 92.0 Å². The molecule has 5 nitrogen and oxygen atoms in total. The van der Waals surface area contributed by atoms with Gasteiger partial charge in [0.1, 0.15) is 6.04 Å². The van der Waals surface area contributed by atoms with Crippen LogP contribution in [0.1, 0.15) is 40.5 Å². The van der Waals surface area contributed by atoms with Crippen molar-refractivity contribution in [2.75, 3.05) is 0 Å². The van der Waals surface area contributed by atoms with Crippen LogP contribution in [0.5, 0.6) is 0 Å². The third-order valence-corrected chi connectivity index (χ3v) is 2.95. The van der Waals surface area contributed by atoms with Gasteiger partial charge in [-0.15, -0.1) is 0 Å². The second kappa shape index (κ2) is 5.45. The van der Waals surface area contributed by atoms with Crippen molar-refractivity contribution >= 4 is 10.2 Å². The first-order valence-electron chi connectivity index (χ1n) is 4.91. The van der Waals surface area contributed by atoms with E-state index < -0.39 is 21.8 Å². The van der Waals surface area contributed by atoms with Crippen LogP contribution in [0, 0.1) is 11.3 Å². The molecule has 0 aromatic heterocycles. The van der Waals surface area contributed by atoms with E-state index in [9.17, 15) is 8.42 Å². The number of hydrogen-bond donors (Lipinski definition) is 2.